The van der Waals surface area contributed by atoms with Gasteiger partial charge in [-0.3, -0.25) is 4.79 Å². The number of carbonyl (C=O) groups excluding carboxylic acids is 1. The maximum atomic E-state index is 13.3. The number of amides is 1. The van der Waals surface area contributed by atoms with Crippen LogP contribution in [0, 0.1) is 0 Å². The summed E-state index contributed by atoms with van der Waals surface area (Å²) in [5, 5.41) is 4.09. The van der Waals surface area contributed by atoms with E-state index in [0.717, 1.165) is 18.4 Å². The molecule has 2 aromatic carbocycles. The molecule has 1 amide bonds. The fourth-order valence-electron chi connectivity index (χ4n) is 3.55. The van der Waals surface area contributed by atoms with Gasteiger partial charge in [0.05, 0.1) is 14.2 Å². The molecule has 0 radical (unpaired) electrons. The Balaban J connectivity index is 1.65. The predicted molar refractivity (Wildman–Crippen MR) is 102 cm³/mol. The molecule has 0 unspecified atom stereocenters. The number of methoxy groups -OCH3 is 2. The van der Waals surface area contributed by atoms with Gasteiger partial charge in [-0.15, -0.1) is 0 Å². The zero-order chi connectivity index (χ0) is 19.5. The number of hydrogen-bond donors (Lipinski definition) is 0. The second-order valence-corrected chi connectivity index (χ2v) is 6.52. The average Bonchev–Trinajstić information content (AvgIpc) is 3.42. The molecule has 1 atom stereocenters. The van der Waals surface area contributed by atoms with Crippen molar-refractivity contribution in [1.29, 1.82) is 0 Å². The normalized spacial score (nSPS) is 16.2. The maximum absolute atomic E-state index is 13.3. The van der Waals surface area contributed by atoms with Crippen LogP contribution < -0.4 is 9.47 Å². The maximum Gasteiger partial charge on any atom is 0.262 e. The molecular weight excluding hydrogens is 358 g/mol. The number of benzene rings is 2. The highest BCUT2D eigenvalue weighted by atomic mass is 16.5. The Hall–Kier alpha value is -3.35. The third kappa shape index (κ3) is 3.19. The van der Waals surface area contributed by atoms with E-state index in [1.54, 1.807) is 23.1 Å². The minimum absolute atomic E-state index is 0.170. The van der Waals surface area contributed by atoms with E-state index in [2.05, 4.69) is 10.1 Å². The summed E-state index contributed by atoms with van der Waals surface area (Å²) in [6, 6.07) is 14.6. The van der Waals surface area contributed by atoms with Crippen molar-refractivity contribution in [2.45, 2.75) is 18.9 Å². The number of rotatable bonds is 5. The van der Waals surface area contributed by atoms with Crippen LogP contribution in [-0.4, -0.2) is 41.7 Å². The summed E-state index contributed by atoms with van der Waals surface area (Å²) in [6.45, 7) is 0.605. The molecule has 1 aliphatic heterocycles. The van der Waals surface area contributed by atoms with Gasteiger partial charge in [-0.05, 0) is 25.0 Å². The molecule has 0 N–H and O–H groups in total. The SMILES string of the molecule is COc1cccc(OC)c1C(=O)N1CCC[C@@H]1c1nc(-c2ccccc2)no1. The Bertz CT molecular complexity index is 949. The van der Waals surface area contributed by atoms with E-state index >= 15 is 0 Å². The Morgan fingerprint density at radius 3 is 2.46 bits per heavy atom. The summed E-state index contributed by atoms with van der Waals surface area (Å²) in [5.41, 5.74) is 1.28. The monoisotopic (exact) mass is 379 g/mol. The van der Waals surface area contributed by atoms with Crippen LogP contribution in [-0.2, 0) is 0 Å². The van der Waals surface area contributed by atoms with Crippen molar-refractivity contribution in [2.24, 2.45) is 0 Å². The van der Waals surface area contributed by atoms with Crippen molar-refractivity contribution in [3.8, 4) is 22.9 Å². The van der Waals surface area contributed by atoms with Crippen LogP contribution in [0.15, 0.2) is 53.1 Å². The molecule has 1 aromatic heterocycles. The highest BCUT2D eigenvalue weighted by Gasteiger charge is 2.36. The van der Waals surface area contributed by atoms with Gasteiger partial charge in [0.15, 0.2) is 0 Å². The van der Waals surface area contributed by atoms with E-state index in [1.165, 1.54) is 14.2 Å². The average molecular weight is 379 g/mol. The van der Waals surface area contributed by atoms with Crippen LogP contribution in [0.1, 0.15) is 35.1 Å². The molecule has 7 nitrogen and oxygen atoms in total. The number of carbonyl (C=O) groups is 1. The van der Waals surface area contributed by atoms with E-state index in [0.29, 0.717) is 35.3 Å². The first-order chi connectivity index (χ1) is 13.7. The van der Waals surface area contributed by atoms with Gasteiger partial charge in [0.1, 0.15) is 23.1 Å². The number of ether oxygens (including phenoxy) is 2. The summed E-state index contributed by atoms with van der Waals surface area (Å²) in [4.78, 5) is 19.6. The highest BCUT2D eigenvalue weighted by molar-refractivity contribution is 6.00. The molecule has 0 aliphatic carbocycles. The molecule has 0 bridgehead atoms. The second kappa shape index (κ2) is 7.72. The Morgan fingerprint density at radius 2 is 1.79 bits per heavy atom. The van der Waals surface area contributed by atoms with Crippen LogP contribution in [0.2, 0.25) is 0 Å². The lowest BCUT2D eigenvalue weighted by molar-refractivity contribution is 0.0703. The van der Waals surface area contributed by atoms with Crippen LogP contribution in [0.5, 0.6) is 11.5 Å². The highest BCUT2D eigenvalue weighted by Crippen LogP contribution is 2.37. The zero-order valence-corrected chi connectivity index (χ0v) is 15.8. The molecule has 4 rings (SSSR count). The second-order valence-electron chi connectivity index (χ2n) is 6.52. The van der Waals surface area contributed by atoms with Gasteiger partial charge in [0.25, 0.3) is 5.91 Å². The molecule has 3 aromatic rings. The van der Waals surface area contributed by atoms with Crippen molar-refractivity contribution in [1.82, 2.24) is 15.0 Å². The van der Waals surface area contributed by atoms with Gasteiger partial charge < -0.3 is 18.9 Å². The lowest BCUT2D eigenvalue weighted by atomic mass is 10.1. The van der Waals surface area contributed by atoms with Gasteiger partial charge in [-0.25, -0.2) is 0 Å². The molecular formula is C21H21N3O4. The fraction of sp³-hybridized carbons (Fsp3) is 0.286. The largest absolute Gasteiger partial charge is 0.496 e. The summed E-state index contributed by atoms with van der Waals surface area (Å²) in [5.74, 6) is 1.75. The zero-order valence-electron chi connectivity index (χ0n) is 15.8. The molecule has 0 spiro atoms. The van der Waals surface area contributed by atoms with Crippen molar-refractivity contribution in [3.63, 3.8) is 0 Å². The third-order valence-electron chi connectivity index (χ3n) is 4.91. The minimum atomic E-state index is -0.271. The van der Waals surface area contributed by atoms with Crippen molar-refractivity contribution in [3.05, 3.63) is 60.0 Å². The van der Waals surface area contributed by atoms with Crippen LogP contribution in [0.25, 0.3) is 11.4 Å². The van der Waals surface area contributed by atoms with Crippen molar-refractivity contribution < 1.29 is 18.8 Å². The quantitative estimate of drug-likeness (QED) is 0.672. The number of likely N-dealkylation sites (tertiary alicyclic amines) is 1. The third-order valence-corrected chi connectivity index (χ3v) is 4.91. The Kier molecular flexibility index (Phi) is 4.97. The molecule has 1 aliphatic rings. The first-order valence-electron chi connectivity index (χ1n) is 9.14. The summed E-state index contributed by atoms with van der Waals surface area (Å²) >= 11 is 0. The lowest BCUT2D eigenvalue weighted by Gasteiger charge is -2.23. The topological polar surface area (TPSA) is 77.7 Å². The lowest BCUT2D eigenvalue weighted by Crippen LogP contribution is -2.31. The van der Waals surface area contributed by atoms with Gasteiger partial charge >= 0.3 is 0 Å². The number of aromatic nitrogens is 2. The van der Waals surface area contributed by atoms with Gasteiger partial charge in [-0.1, -0.05) is 41.6 Å². The molecule has 7 heteroatoms. The van der Waals surface area contributed by atoms with E-state index in [9.17, 15) is 4.79 Å². The molecule has 144 valence electrons. The number of nitrogens with zero attached hydrogens (tertiary/aromatic N) is 3. The number of hydrogen-bond acceptors (Lipinski definition) is 6. The van der Waals surface area contributed by atoms with Crippen LogP contribution >= 0.6 is 0 Å². The smallest absolute Gasteiger partial charge is 0.262 e. The summed E-state index contributed by atoms with van der Waals surface area (Å²) in [7, 11) is 3.08. The van der Waals surface area contributed by atoms with Gasteiger partial charge in [0, 0.05) is 12.1 Å². The molecule has 1 saturated heterocycles. The predicted octanol–water partition coefficient (Wildman–Crippen LogP) is 3.73. The molecule has 28 heavy (non-hydrogen) atoms. The Labute approximate surface area is 162 Å². The van der Waals surface area contributed by atoms with Crippen LogP contribution in [0.3, 0.4) is 0 Å². The van der Waals surface area contributed by atoms with Gasteiger partial charge in [-0.2, -0.15) is 4.98 Å². The first kappa shape index (κ1) is 18.0. The molecule has 0 saturated carbocycles. The first-order valence-corrected chi connectivity index (χ1v) is 9.14. The van der Waals surface area contributed by atoms with Crippen molar-refractivity contribution >= 4 is 5.91 Å². The van der Waals surface area contributed by atoms with E-state index in [4.69, 9.17) is 14.0 Å². The molecule has 1 fully saturated rings. The van der Waals surface area contributed by atoms with E-state index < -0.39 is 0 Å². The summed E-state index contributed by atoms with van der Waals surface area (Å²) < 4.78 is 16.3. The summed E-state index contributed by atoms with van der Waals surface area (Å²) in [6.07, 6.45) is 1.62. The van der Waals surface area contributed by atoms with E-state index in [1.807, 2.05) is 30.3 Å². The van der Waals surface area contributed by atoms with E-state index in [-0.39, 0.29) is 11.9 Å². The van der Waals surface area contributed by atoms with Crippen molar-refractivity contribution in [2.75, 3.05) is 20.8 Å². The Morgan fingerprint density at radius 1 is 1.07 bits per heavy atom. The van der Waals surface area contributed by atoms with Gasteiger partial charge in [0.2, 0.25) is 11.7 Å². The molecule has 2 heterocycles. The fourth-order valence-corrected chi connectivity index (χ4v) is 3.55. The standard InChI is InChI=1S/C21H21N3O4/c1-26-16-11-6-12-17(27-2)18(16)21(25)24-13-7-10-15(24)20-22-19(23-28-20)14-8-4-3-5-9-14/h3-6,8-9,11-12,15H,7,10,13H2,1-2H3/t15-/m1/s1. The minimum Gasteiger partial charge on any atom is -0.496 e. The van der Waals surface area contributed by atoms with Crippen LogP contribution in [0.4, 0.5) is 0 Å².